The monoisotopic (exact) mass is 244 g/mol. The largest absolute Gasteiger partial charge is 0.380 e. The molecule has 17 heavy (non-hydrogen) atoms. The van der Waals surface area contributed by atoms with Crippen LogP contribution < -0.4 is 5.73 Å². The van der Waals surface area contributed by atoms with E-state index < -0.39 is 0 Å². The first-order valence-corrected chi connectivity index (χ1v) is 6.98. The third-order valence-electron chi connectivity index (χ3n) is 3.14. The predicted molar refractivity (Wildman–Crippen MR) is 70.2 cm³/mol. The zero-order chi connectivity index (χ0) is 12.3. The van der Waals surface area contributed by atoms with Crippen molar-refractivity contribution in [3.8, 4) is 0 Å². The molecule has 102 valence electrons. The molecule has 1 rings (SSSR count). The second-order valence-corrected chi connectivity index (χ2v) is 4.67. The fourth-order valence-corrected chi connectivity index (χ4v) is 2.07. The molecule has 0 aromatic carbocycles. The van der Waals surface area contributed by atoms with Gasteiger partial charge in [-0.25, -0.2) is 0 Å². The Morgan fingerprint density at radius 3 is 2.59 bits per heavy atom. The molecule has 1 aliphatic heterocycles. The molecule has 1 saturated heterocycles. The Kier molecular flexibility index (Phi) is 8.61. The Morgan fingerprint density at radius 2 is 1.94 bits per heavy atom. The van der Waals surface area contributed by atoms with E-state index in [1.165, 1.54) is 0 Å². The molecule has 0 radical (unpaired) electrons. The van der Waals surface area contributed by atoms with Gasteiger partial charge in [0.2, 0.25) is 0 Å². The van der Waals surface area contributed by atoms with E-state index in [4.69, 9.17) is 15.2 Å². The van der Waals surface area contributed by atoms with Crippen LogP contribution in [0.15, 0.2) is 0 Å². The number of hydrogen-bond acceptors (Lipinski definition) is 4. The van der Waals surface area contributed by atoms with Crippen LogP contribution in [0.1, 0.15) is 32.6 Å². The molecule has 1 heterocycles. The second kappa shape index (κ2) is 9.83. The van der Waals surface area contributed by atoms with Gasteiger partial charge < -0.3 is 20.1 Å². The number of nitrogens with zero attached hydrogens (tertiary/aromatic N) is 1. The molecule has 2 N–H and O–H groups in total. The molecule has 0 aromatic rings. The van der Waals surface area contributed by atoms with Gasteiger partial charge in [0.1, 0.15) is 0 Å². The summed E-state index contributed by atoms with van der Waals surface area (Å²) in [6.45, 7) is 8.80. The van der Waals surface area contributed by atoms with Crippen LogP contribution in [0.4, 0.5) is 0 Å². The summed E-state index contributed by atoms with van der Waals surface area (Å²) in [7, 11) is 0. The lowest BCUT2D eigenvalue weighted by Crippen LogP contribution is -2.39. The average molecular weight is 244 g/mol. The van der Waals surface area contributed by atoms with Gasteiger partial charge in [-0.15, -0.1) is 0 Å². The number of likely N-dealkylation sites (tertiary alicyclic amines) is 1. The second-order valence-electron chi connectivity index (χ2n) is 4.67. The van der Waals surface area contributed by atoms with Crippen LogP contribution in [-0.4, -0.2) is 57.0 Å². The van der Waals surface area contributed by atoms with Crippen molar-refractivity contribution in [2.24, 2.45) is 5.73 Å². The van der Waals surface area contributed by atoms with Crippen molar-refractivity contribution in [2.45, 2.75) is 38.7 Å². The zero-order valence-corrected chi connectivity index (χ0v) is 11.2. The molecule has 0 atom stereocenters. The minimum atomic E-state index is 0.453. The summed E-state index contributed by atoms with van der Waals surface area (Å²) in [5.74, 6) is 0. The van der Waals surface area contributed by atoms with Crippen molar-refractivity contribution >= 4 is 0 Å². The van der Waals surface area contributed by atoms with Crippen LogP contribution >= 0.6 is 0 Å². The number of hydrogen-bond donors (Lipinski definition) is 1. The van der Waals surface area contributed by atoms with Gasteiger partial charge in [-0.3, -0.25) is 0 Å². The summed E-state index contributed by atoms with van der Waals surface area (Å²) in [5.41, 5.74) is 5.44. The zero-order valence-electron chi connectivity index (χ0n) is 11.2. The standard InChI is InChI=1S/C13H28N2O2/c1-2-10-16-12-9-15-7-4-13(5-8-15)17-11-3-6-14/h13H,2-12,14H2,1H3. The van der Waals surface area contributed by atoms with Crippen LogP contribution in [0.25, 0.3) is 0 Å². The molecule has 0 bridgehead atoms. The Hall–Kier alpha value is -0.160. The van der Waals surface area contributed by atoms with Crippen LogP contribution in [0.2, 0.25) is 0 Å². The van der Waals surface area contributed by atoms with E-state index in [0.29, 0.717) is 6.10 Å². The molecule has 0 spiro atoms. The summed E-state index contributed by atoms with van der Waals surface area (Å²) >= 11 is 0. The molecular formula is C13H28N2O2. The van der Waals surface area contributed by atoms with Gasteiger partial charge in [0.05, 0.1) is 12.7 Å². The van der Waals surface area contributed by atoms with Gasteiger partial charge in [-0.1, -0.05) is 6.92 Å². The summed E-state index contributed by atoms with van der Waals surface area (Å²) in [6, 6.07) is 0. The minimum absolute atomic E-state index is 0.453. The Bertz CT molecular complexity index is 171. The molecule has 4 heteroatoms. The number of rotatable bonds is 9. The summed E-state index contributed by atoms with van der Waals surface area (Å²) < 4.78 is 11.3. The van der Waals surface area contributed by atoms with Gasteiger partial charge in [-0.2, -0.15) is 0 Å². The SMILES string of the molecule is CCCOCCN1CCC(OCCCN)CC1. The van der Waals surface area contributed by atoms with Crippen molar-refractivity contribution in [2.75, 3.05) is 46.0 Å². The third-order valence-corrected chi connectivity index (χ3v) is 3.14. The van der Waals surface area contributed by atoms with Crippen molar-refractivity contribution in [3.05, 3.63) is 0 Å². The molecule has 0 aliphatic carbocycles. The first-order chi connectivity index (χ1) is 8.36. The molecule has 0 unspecified atom stereocenters. The minimum Gasteiger partial charge on any atom is -0.380 e. The lowest BCUT2D eigenvalue weighted by Gasteiger charge is -2.31. The first-order valence-electron chi connectivity index (χ1n) is 6.98. The lowest BCUT2D eigenvalue weighted by molar-refractivity contribution is 0.000835. The van der Waals surface area contributed by atoms with Crippen LogP contribution in [0, 0.1) is 0 Å². The highest BCUT2D eigenvalue weighted by atomic mass is 16.5. The normalized spacial score (nSPS) is 18.7. The van der Waals surface area contributed by atoms with Crippen LogP contribution in [0.3, 0.4) is 0 Å². The highest BCUT2D eigenvalue weighted by Crippen LogP contribution is 2.13. The average Bonchev–Trinajstić information content (AvgIpc) is 2.37. The van der Waals surface area contributed by atoms with E-state index in [1.807, 2.05) is 0 Å². The Balaban J connectivity index is 1.97. The van der Waals surface area contributed by atoms with E-state index in [2.05, 4.69) is 11.8 Å². The topological polar surface area (TPSA) is 47.7 Å². The fourth-order valence-electron chi connectivity index (χ4n) is 2.07. The molecular weight excluding hydrogens is 216 g/mol. The smallest absolute Gasteiger partial charge is 0.0599 e. The molecule has 1 fully saturated rings. The molecule has 4 nitrogen and oxygen atoms in total. The number of nitrogens with two attached hydrogens (primary N) is 1. The summed E-state index contributed by atoms with van der Waals surface area (Å²) in [5, 5.41) is 0. The van der Waals surface area contributed by atoms with E-state index in [0.717, 1.165) is 71.7 Å². The van der Waals surface area contributed by atoms with Gasteiger partial charge in [0.25, 0.3) is 0 Å². The van der Waals surface area contributed by atoms with E-state index >= 15 is 0 Å². The van der Waals surface area contributed by atoms with Crippen LogP contribution in [-0.2, 0) is 9.47 Å². The van der Waals surface area contributed by atoms with E-state index in [1.54, 1.807) is 0 Å². The van der Waals surface area contributed by atoms with Gasteiger partial charge in [0, 0.05) is 32.8 Å². The number of ether oxygens (including phenoxy) is 2. The molecule has 0 saturated carbocycles. The highest BCUT2D eigenvalue weighted by Gasteiger charge is 2.18. The molecule has 0 aromatic heterocycles. The maximum Gasteiger partial charge on any atom is 0.0599 e. The van der Waals surface area contributed by atoms with Gasteiger partial charge in [0.15, 0.2) is 0 Å². The van der Waals surface area contributed by atoms with Crippen molar-refractivity contribution in [3.63, 3.8) is 0 Å². The quantitative estimate of drug-likeness (QED) is 0.620. The summed E-state index contributed by atoms with van der Waals surface area (Å²) in [6.07, 6.45) is 4.84. The van der Waals surface area contributed by atoms with Crippen LogP contribution in [0.5, 0.6) is 0 Å². The third kappa shape index (κ3) is 6.99. The van der Waals surface area contributed by atoms with Gasteiger partial charge >= 0.3 is 0 Å². The maximum absolute atomic E-state index is 5.78. The van der Waals surface area contributed by atoms with E-state index in [9.17, 15) is 0 Å². The molecule has 0 amide bonds. The van der Waals surface area contributed by atoms with Crippen molar-refractivity contribution in [1.29, 1.82) is 0 Å². The molecule has 1 aliphatic rings. The first kappa shape index (κ1) is 14.9. The Labute approximate surface area is 105 Å². The summed E-state index contributed by atoms with van der Waals surface area (Å²) in [4.78, 5) is 2.47. The van der Waals surface area contributed by atoms with Crippen molar-refractivity contribution < 1.29 is 9.47 Å². The fraction of sp³-hybridized carbons (Fsp3) is 1.00. The van der Waals surface area contributed by atoms with Crippen molar-refractivity contribution in [1.82, 2.24) is 4.90 Å². The maximum atomic E-state index is 5.78. The highest BCUT2D eigenvalue weighted by molar-refractivity contribution is 4.72. The lowest BCUT2D eigenvalue weighted by atomic mass is 10.1. The Morgan fingerprint density at radius 1 is 1.18 bits per heavy atom. The van der Waals surface area contributed by atoms with Gasteiger partial charge in [-0.05, 0) is 32.2 Å². The predicted octanol–water partition coefficient (Wildman–Crippen LogP) is 1.24. The number of piperidine rings is 1. The van der Waals surface area contributed by atoms with E-state index in [-0.39, 0.29) is 0 Å².